The van der Waals surface area contributed by atoms with Gasteiger partial charge in [0.1, 0.15) is 5.75 Å². The minimum Gasteiger partial charge on any atom is -0.508 e. The molecule has 0 spiro atoms. The highest BCUT2D eigenvalue weighted by molar-refractivity contribution is 5.84. The molecule has 106 valence electrons. The summed E-state index contributed by atoms with van der Waals surface area (Å²) < 4.78 is 4.86. The molecule has 2 N–H and O–H groups in total. The lowest BCUT2D eigenvalue weighted by Crippen LogP contribution is -2.19. The van der Waals surface area contributed by atoms with Crippen molar-refractivity contribution in [2.75, 3.05) is 13.2 Å². The summed E-state index contributed by atoms with van der Waals surface area (Å²) in [5.74, 6) is 0.104. The number of benzene rings is 2. The highest BCUT2D eigenvalue weighted by Crippen LogP contribution is 2.20. The van der Waals surface area contributed by atoms with Crippen molar-refractivity contribution in [1.29, 1.82) is 0 Å². The lowest BCUT2D eigenvalue weighted by molar-refractivity contribution is -0.142. The number of hydrogen-bond donors (Lipinski definition) is 2. The first-order valence-corrected chi connectivity index (χ1v) is 6.77. The number of hydrogen-bond acceptors (Lipinski definition) is 4. The van der Waals surface area contributed by atoms with E-state index < -0.39 is 0 Å². The topological polar surface area (TPSA) is 58.6 Å². The lowest BCUT2D eigenvalue weighted by atomic mass is 10.1. The van der Waals surface area contributed by atoms with Gasteiger partial charge in [-0.3, -0.25) is 4.79 Å². The number of aromatic hydroxyl groups is 1. The fourth-order valence-corrected chi connectivity index (χ4v) is 2.05. The normalized spacial score (nSPS) is 10.7. The fraction of sp³-hybridized carbons (Fsp3) is 0.312. The predicted molar refractivity (Wildman–Crippen MR) is 78.6 cm³/mol. The van der Waals surface area contributed by atoms with Crippen molar-refractivity contribution in [1.82, 2.24) is 5.32 Å². The van der Waals surface area contributed by atoms with E-state index in [4.69, 9.17) is 4.74 Å². The average molecular weight is 273 g/mol. The third-order valence-corrected chi connectivity index (χ3v) is 3.03. The molecule has 20 heavy (non-hydrogen) atoms. The third kappa shape index (κ3) is 3.96. The van der Waals surface area contributed by atoms with Crippen LogP contribution in [0.15, 0.2) is 36.4 Å². The van der Waals surface area contributed by atoms with Gasteiger partial charge in [0.25, 0.3) is 0 Å². The Kier molecular flexibility index (Phi) is 4.96. The molecule has 0 radical (unpaired) electrons. The molecule has 2 rings (SSSR count). The minimum absolute atomic E-state index is 0.172. The zero-order valence-corrected chi connectivity index (χ0v) is 11.6. The molecule has 0 amide bonds. The smallest absolute Gasteiger partial charge is 0.307 e. The van der Waals surface area contributed by atoms with E-state index in [-0.39, 0.29) is 11.7 Å². The summed E-state index contributed by atoms with van der Waals surface area (Å²) in [5.41, 5.74) is 1.15. The highest BCUT2D eigenvalue weighted by Gasteiger charge is 2.01. The molecule has 0 unspecified atom stereocenters. The SMILES string of the molecule is CCOC(=O)CCNCc1ccc2cc(O)ccc2c1. The largest absolute Gasteiger partial charge is 0.508 e. The van der Waals surface area contributed by atoms with E-state index in [2.05, 4.69) is 11.4 Å². The summed E-state index contributed by atoms with van der Waals surface area (Å²) in [5, 5.41) is 14.7. The Morgan fingerprint density at radius 2 is 1.95 bits per heavy atom. The number of ether oxygens (including phenoxy) is 1. The van der Waals surface area contributed by atoms with Gasteiger partial charge in [-0.25, -0.2) is 0 Å². The minimum atomic E-state index is -0.172. The molecule has 0 saturated carbocycles. The van der Waals surface area contributed by atoms with Crippen LogP contribution in [-0.4, -0.2) is 24.2 Å². The molecule has 2 aromatic rings. The van der Waals surface area contributed by atoms with E-state index in [1.807, 2.05) is 18.2 Å². The van der Waals surface area contributed by atoms with Crippen LogP contribution in [0.1, 0.15) is 18.9 Å². The first-order chi connectivity index (χ1) is 9.69. The Hall–Kier alpha value is -2.07. The van der Waals surface area contributed by atoms with Gasteiger partial charge in [0.05, 0.1) is 13.0 Å². The van der Waals surface area contributed by atoms with Gasteiger partial charge in [0.2, 0.25) is 0 Å². The summed E-state index contributed by atoms with van der Waals surface area (Å²) >= 11 is 0. The summed E-state index contributed by atoms with van der Waals surface area (Å²) in [4.78, 5) is 11.2. The van der Waals surface area contributed by atoms with Crippen molar-refractivity contribution >= 4 is 16.7 Å². The molecule has 4 nitrogen and oxygen atoms in total. The molecule has 0 fully saturated rings. The predicted octanol–water partition coefficient (Wildman–Crippen LogP) is 2.59. The Morgan fingerprint density at radius 1 is 1.20 bits per heavy atom. The van der Waals surface area contributed by atoms with Crippen LogP contribution >= 0.6 is 0 Å². The Bertz CT molecular complexity index is 595. The second kappa shape index (κ2) is 6.91. The van der Waals surface area contributed by atoms with E-state index in [9.17, 15) is 9.90 Å². The lowest BCUT2D eigenvalue weighted by Gasteiger charge is -2.06. The molecule has 4 heteroatoms. The van der Waals surface area contributed by atoms with Crippen LogP contribution in [0.5, 0.6) is 5.75 Å². The molecular formula is C16H19NO3. The summed E-state index contributed by atoms with van der Waals surface area (Å²) in [6, 6.07) is 11.4. The maximum atomic E-state index is 11.2. The highest BCUT2D eigenvalue weighted by atomic mass is 16.5. The van der Waals surface area contributed by atoms with Crippen molar-refractivity contribution in [2.45, 2.75) is 19.9 Å². The Balaban J connectivity index is 1.87. The fourth-order valence-electron chi connectivity index (χ4n) is 2.05. The number of phenols is 1. The number of rotatable bonds is 6. The Morgan fingerprint density at radius 3 is 2.75 bits per heavy atom. The maximum Gasteiger partial charge on any atom is 0.307 e. The second-order valence-electron chi connectivity index (χ2n) is 4.60. The zero-order valence-electron chi connectivity index (χ0n) is 11.6. The van der Waals surface area contributed by atoms with Gasteiger partial charge in [-0.15, -0.1) is 0 Å². The van der Waals surface area contributed by atoms with Crippen LogP contribution in [0.2, 0.25) is 0 Å². The molecule has 0 heterocycles. The first kappa shape index (κ1) is 14.3. The standard InChI is InChI=1S/C16H19NO3/c1-2-20-16(19)7-8-17-11-12-3-4-14-10-15(18)6-5-13(14)9-12/h3-6,9-10,17-18H,2,7-8,11H2,1H3. The van der Waals surface area contributed by atoms with E-state index in [0.717, 1.165) is 16.3 Å². The van der Waals surface area contributed by atoms with Crippen LogP contribution in [0.4, 0.5) is 0 Å². The van der Waals surface area contributed by atoms with Gasteiger partial charge in [0.15, 0.2) is 0 Å². The van der Waals surface area contributed by atoms with Gasteiger partial charge >= 0.3 is 5.97 Å². The van der Waals surface area contributed by atoms with Gasteiger partial charge in [-0.05, 0) is 41.5 Å². The number of carbonyl (C=O) groups excluding carboxylic acids is 1. The van der Waals surface area contributed by atoms with Crippen LogP contribution in [0.25, 0.3) is 10.8 Å². The zero-order chi connectivity index (χ0) is 14.4. The van der Waals surface area contributed by atoms with Crippen molar-refractivity contribution in [2.24, 2.45) is 0 Å². The maximum absolute atomic E-state index is 11.2. The Labute approximate surface area is 118 Å². The third-order valence-electron chi connectivity index (χ3n) is 3.03. The molecule has 0 aliphatic rings. The van der Waals surface area contributed by atoms with Crippen LogP contribution in [0, 0.1) is 0 Å². The number of phenolic OH excluding ortho intramolecular Hbond substituents is 1. The monoisotopic (exact) mass is 273 g/mol. The second-order valence-corrected chi connectivity index (χ2v) is 4.60. The summed E-state index contributed by atoms with van der Waals surface area (Å²) in [7, 11) is 0. The molecule has 0 saturated heterocycles. The van der Waals surface area contributed by atoms with Crippen molar-refractivity contribution < 1.29 is 14.6 Å². The molecule has 0 aromatic heterocycles. The average Bonchev–Trinajstić information content (AvgIpc) is 2.44. The molecule has 0 bridgehead atoms. The molecule has 0 aliphatic carbocycles. The van der Waals surface area contributed by atoms with E-state index in [1.54, 1.807) is 19.1 Å². The number of fused-ring (bicyclic) bond motifs is 1. The van der Waals surface area contributed by atoms with E-state index in [1.165, 1.54) is 0 Å². The molecule has 0 aliphatic heterocycles. The van der Waals surface area contributed by atoms with Gasteiger partial charge in [-0.1, -0.05) is 18.2 Å². The molecular weight excluding hydrogens is 254 g/mol. The van der Waals surface area contributed by atoms with Crippen molar-refractivity contribution in [3.63, 3.8) is 0 Å². The first-order valence-electron chi connectivity index (χ1n) is 6.77. The number of carbonyl (C=O) groups is 1. The van der Waals surface area contributed by atoms with Gasteiger partial charge in [0, 0.05) is 13.1 Å². The summed E-state index contributed by atoms with van der Waals surface area (Å²) in [6.07, 6.45) is 0.384. The van der Waals surface area contributed by atoms with Crippen molar-refractivity contribution in [3.8, 4) is 5.75 Å². The molecule has 0 atom stereocenters. The van der Waals surface area contributed by atoms with E-state index >= 15 is 0 Å². The van der Waals surface area contributed by atoms with Crippen LogP contribution in [0.3, 0.4) is 0 Å². The van der Waals surface area contributed by atoms with Crippen LogP contribution < -0.4 is 5.32 Å². The quantitative estimate of drug-likeness (QED) is 0.627. The van der Waals surface area contributed by atoms with Crippen LogP contribution in [-0.2, 0) is 16.1 Å². The number of esters is 1. The summed E-state index contributed by atoms with van der Waals surface area (Å²) in [6.45, 7) is 3.54. The van der Waals surface area contributed by atoms with Gasteiger partial charge in [-0.2, -0.15) is 0 Å². The van der Waals surface area contributed by atoms with Crippen molar-refractivity contribution in [3.05, 3.63) is 42.0 Å². The number of nitrogens with one attached hydrogen (secondary N) is 1. The van der Waals surface area contributed by atoms with Gasteiger partial charge < -0.3 is 15.2 Å². The van der Waals surface area contributed by atoms with E-state index in [0.29, 0.717) is 26.1 Å². The molecule has 2 aromatic carbocycles.